The molecule has 0 radical (unpaired) electrons. The number of nitrogens with one attached hydrogen (secondary N) is 1. The molecule has 0 saturated carbocycles. The number of piperidine rings is 1. The maximum absolute atomic E-state index is 12.3. The number of guanidine groups is 1. The van der Waals surface area contributed by atoms with Gasteiger partial charge in [0.1, 0.15) is 5.54 Å². The highest BCUT2D eigenvalue weighted by Gasteiger charge is 2.46. The normalized spacial score (nSPS) is 29.3. The Bertz CT molecular complexity index is 421. The van der Waals surface area contributed by atoms with Crippen molar-refractivity contribution in [2.24, 2.45) is 10.9 Å². The van der Waals surface area contributed by atoms with Gasteiger partial charge in [-0.25, -0.2) is 4.99 Å². The smallest absolute Gasteiger partial charge is 0.254 e. The molecular formula is C15H26N4O2. The highest BCUT2D eigenvalue weighted by atomic mass is 16.5. The lowest BCUT2D eigenvalue weighted by Gasteiger charge is -2.37. The summed E-state index contributed by atoms with van der Waals surface area (Å²) in [5.41, 5.74) is -0.515. The zero-order chi connectivity index (χ0) is 14.9. The van der Waals surface area contributed by atoms with Gasteiger partial charge in [0.25, 0.3) is 5.91 Å². The molecule has 2 fully saturated rings. The van der Waals surface area contributed by atoms with E-state index in [-0.39, 0.29) is 5.91 Å². The van der Waals surface area contributed by atoms with Gasteiger partial charge in [0.15, 0.2) is 0 Å². The van der Waals surface area contributed by atoms with Crippen molar-refractivity contribution in [2.45, 2.75) is 31.2 Å². The van der Waals surface area contributed by atoms with Crippen LogP contribution in [0.5, 0.6) is 0 Å². The van der Waals surface area contributed by atoms with E-state index in [0.29, 0.717) is 11.9 Å². The predicted octanol–water partition coefficient (Wildman–Crippen LogP) is 0.295. The molecule has 1 amide bonds. The summed E-state index contributed by atoms with van der Waals surface area (Å²) in [5.74, 6) is 1.44. The first kappa shape index (κ1) is 14.8. The lowest BCUT2D eigenvalue weighted by molar-refractivity contribution is -0.125. The number of carbonyl (C=O) groups excluding carboxylic acids is 1. The van der Waals surface area contributed by atoms with Gasteiger partial charge in [-0.3, -0.25) is 10.1 Å². The van der Waals surface area contributed by atoms with Gasteiger partial charge in [0, 0.05) is 40.3 Å². The van der Waals surface area contributed by atoms with Crippen molar-refractivity contribution in [3.63, 3.8) is 0 Å². The average Bonchev–Trinajstić information content (AvgIpc) is 2.80. The van der Waals surface area contributed by atoms with Crippen molar-refractivity contribution in [3.8, 4) is 0 Å². The Labute approximate surface area is 126 Å². The number of ether oxygens (including phenoxy) is 1. The second kappa shape index (κ2) is 5.93. The van der Waals surface area contributed by atoms with E-state index in [1.807, 2.05) is 19.0 Å². The number of hydrogen-bond acceptors (Lipinski definition) is 5. The predicted molar refractivity (Wildman–Crippen MR) is 81.2 cm³/mol. The van der Waals surface area contributed by atoms with Crippen LogP contribution in [-0.4, -0.2) is 74.1 Å². The number of hydrogen-bond donors (Lipinski definition) is 1. The van der Waals surface area contributed by atoms with Gasteiger partial charge in [-0.1, -0.05) is 0 Å². The summed E-state index contributed by atoms with van der Waals surface area (Å²) in [6.07, 6.45) is 4.10. The van der Waals surface area contributed by atoms with Crippen molar-refractivity contribution in [3.05, 3.63) is 0 Å². The highest BCUT2D eigenvalue weighted by molar-refractivity contribution is 6.07. The SMILES string of the molecule is CN(C)C1=NC2(CCN(C[C@@H]3CCCOC3)CC2)C(=O)N1. The molecular weight excluding hydrogens is 268 g/mol. The maximum Gasteiger partial charge on any atom is 0.254 e. The fourth-order valence-electron chi connectivity index (χ4n) is 3.47. The van der Waals surface area contributed by atoms with Crippen LogP contribution in [-0.2, 0) is 9.53 Å². The van der Waals surface area contributed by atoms with E-state index in [1.54, 1.807) is 0 Å². The van der Waals surface area contributed by atoms with E-state index >= 15 is 0 Å². The summed E-state index contributed by atoms with van der Waals surface area (Å²) >= 11 is 0. The largest absolute Gasteiger partial charge is 0.381 e. The van der Waals surface area contributed by atoms with Crippen LogP contribution in [0.25, 0.3) is 0 Å². The molecule has 0 aromatic carbocycles. The minimum absolute atomic E-state index is 0.0758. The van der Waals surface area contributed by atoms with E-state index in [9.17, 15) is 4.79 Å². The molecule has 2 saturated heterocycles. The maximum atomic E-state index is 12.3. The summed E-state index contributed by atoms with van der Waals surface area (Å²) in [5, 5.41) is 2.91. The summed E-state index contributed by atoms with van der Waals surface area (Å²) < 4.78 is 5.56. The van der Waals surface area contributed by atoms with Gasteiger partial charge in [0.05, 0.1) is 6.61 Å². The van der Waals surface area contributed by atoms with Crippen LogP contribution in [0.4, 0.5) is 0 Å². The van der Waals surface area contributed by atoms with Gasteiger partial charge in [-0.05, 0) is 31.6 Å². The first-order valence-corrected chi connectivity index (χ1v) is 7.98. The van der Waals surface area contributed by atoms with E-state index in [1.165, 1.54) is 12.8 Å². The Morgan fingerprint density at radius 1 is 1.43 bits per heavy atom. The quantitative estimate of drug-likeness (QED) is 0.795. The fourth-order valence-corrected chi connectivity index (χ4v) is 3.47. The van der Waals surface area contributed by atoms with Crippen molar-refractivity contribution in [1.82, 2.24) is 15.1 Å². The minimum atomic E-state index is -0.515. The average molecular weight is 294 g/mol. The van der Waals surface area contributed by atoms with Crippen molar-refractivity contribution < 1.29 is 9.53 Å². The molecule has 21 heavy (non-hydrogen) atoms. The lowest BCUT2D eigenvalue weighted by atomic mass is 9.87. The Balaban J connectivity index is 1.56. The second-order valence-corrected chi connectivity index (χ2v) is 6.70. The summed E-state index contributed by atoms with van der Waals surface area (Å²) in [6, 6.07) is 0. The molecule has 6 heteroatoms. The van der Waals surface area contributed by atoms with Gasteiger partial charge >= 0.3 is 0 Å². The zero-order valence-corrected chi connectivity index (χ0v) is 13.1. The van der Waals surface area contributed by atoms with Crippen molar-refractivity contribution >= 4 is 11.9 Å². The van der Waals surface area contributed by atoms with Crippen LogP contribution in [0.1, 0.15) is 25.7 Å². The van der Waals surface area contributed by atoms with Crippen molar-refractivity contribution in [1.29, 1.82) is 0 Å². The zero-order valence-electron chi connectivity index (χ0n) is 13.1. The molecule has 3 aliphatic rings. The molecule has 0 aromatic rings. The molecule has 1 spiro atoms. The number of nitrogens with zero attached hydrogens (tertiary/aromatic N) is 3. The number of likely N-dealkylation sites (tertiary alicyclic amines) is 1. The van der Waals surface area contributed by atoms with Crippen LogP contribution in [0.2, 0.25) is 0 Å². The van der Waals surface area contributed by atoms with Gasteiger partial charge < -0.3 is 14.5 Å². The van der Waals surface area contributed by atoms with Crippen LogP contribution in [0.15, 0.2) is 4.99 Å². The molecule has 0 unspecified atom stereocenters. The van der Waals surface area contributed by atoms with Crippen LogP contribution in [0.3, 0.4) is 0 Å². The molecule has 0 bridgehead atoms. The van der Waals surface area contributed by atoms with E-state index in [4.69, 9.17) is 4.74 Å². The number of amides is 1. The molecule has 6 nitrogen and oxygen atoms in total. The third-order valence-electron chi connectivity index (χ3n) is 4.85. The summed E-state index contributed by atoms with van der Waals surface area (Å²) in [7, 11) is 3.83. The van der Waals surface area contributed by atoms with E-state index in [0.717, 1.165) is 45.7 Å². The van der Waals surface area contributed by atoms with Gasteiger partial charge in [0.2, 0.25) is 5.96 Å². The van der Waals surface area contributed by atoms with E-state index < -0.39 is 5.54 Å². The van der Waals surface area contributed by atoms with Crippen molar-refractivity contribution in [2.75, 3.05) is 46.9 Å². The Kier molecular flexibility index (Phi) is 4.17. The third-order valence-corrected chi connectivity index (χ3v) is 4.85. The number of aliphatic imine (C=N–C) groups is 1. The van der Waals surface area contributed by atoms with Gasteiger partial charge in [-0.15, -0.1) is 0 Å². The van der Waals surface area contributed by atoms with Crippen LogP contribution >= 0.6 is 0 Å². The first-order chi connectivity index (χ1) is 10.1. The van der Waals surface area contributed by atoms with E-state index in [2.05, 4.69) is 15.2 Å². The summed E-state index contributed by atoms with van der Waals surface area (Å²) in [6.45, 7) is 4.82. The highest BCUT2D eigenvalue weighted by Crippen LogP contribution is 2.31. The molecule has 0 aromatic heterocycles. The first-order valence-electron chi connectivity index (χ1n) is 7.98. The van der Waals surface area contributed by atoms with Gasteiger partial charge in [-0.2, -0.15) is 0 Å². The minimum Gasteiger partial charge on any atom is -0.381 e. The topological polar surface area (TPSA) is 57.2 Å². The molecule has 3 heterocycles. The molecule has 1 atom stereocenters. The Morgan fingerprint density at radius 3 is 2.76 bits per heavy atom. The monoisotopic (exact) mass is 294 g/mol. The van der Waals surface area contributed by atoms with Crippen LogP contribution < -0.4 is 5.32 Å². The third kappa shape index (κ3) is 3.06. The molecule has 3 aliphatic heterocycles. The Morgan fingerprint density at radius 2 is 2.19 bits per heavy atom. The van der Waals surface area contributed by atoms with Crippen LogP contribution in [0, 0.1) is 5.92 Å². The second-order valence-electron chi connectivity index (χ2n) is 6.70. The summed E-state index contributed by atoms with van der Waals surface area (Å²) in [4.78, 5) is 21.3. The number of carbonyl (C=O) groups is 1. The molecule has 3 rings (SSSR count). The number of rotatable bonds is 2. The fraction of sp³-hybridized carbons (Fsp3) is 0.867. The lowest BCUT2D eigenvalue weighted by Crippen LogP contribution is -2.50. The standard InChI is InChI=1S/C15H26N4O2/c1-18(2)14-16-13(20)15(17-14)5-7-19(8-6-15)10-12-4-3-9-21-11-12/h12H,3-11H2,1-2H3,(H,16,17,20)/t12-/m0/s1. The Hall–Kier alpha value is -1.14. The molecule has 1 N–H and O–H groups in total. The molecule has 118 valence electrons. The molecule has 0 aliphatic carbocycles.